The first-order valence-electron chi connectivity index (χ1n) is 10.5. The Morgan fingerprint density at radius 2 is 1.89 bits per heavy atom. The number of amides is 2. The summed E-state index contributed by atoms with van der Waals surface area (Å²) in [5.74, 6) is 1.11. The number of carbonyl (C=O) groups excluding carboxylic acids is 2. The van der Waals surface area contributed by atoms with E-state index in [1.807, 2.05) is 19.1 Å². The van der Waals surface area contributed by atoms with Gasteiger partial charge in [0, 0.05) is 24.7 Å². The highest BCUT2D eigenvalue weighted by atomic mass is 16.5. The summed E-state index contributed by atoms with van der Waals surface area (Å²) < 4.78 is 5.94. The van der Waals surface area contributed by atoms with Crippen molar-refractivity contribution < 1.29 is 14.3 Å². The smallest absolute Gasteiger partial charge is 0.270 e. The summed E-state index contributed by atoms with van der Waals surface area (Å²) in [7, 11) is 1.75. The highest BCUT2D eigenvalue weighted by Crippen LogP contribution is 2.40. The van der Waals surface area contributed by atoms with E-state index in [2.05, 4.69) is 25.7 Å². The van der Waals surface area contributed by atoms with Crippen LogP contribution in [0.1, 0.15) is 76.2 Å². The Morgan fingerprint density at radius 1 is 1.25 bits per heavy atom. The Kier molecular flexibility index (Phi) is 5.48. The van der Waals surface area contributed by atoms with Crippen molar-refractivity contribution in [2.45, 2.75) is 84.9 Å². The van der Waals surface area contributed by atoms with Crippen LogP contribution in [0, 0.1) is 12.8 Å². The molecule has 2 aliphatic rings. The number of hydrogen-bond acceptors (Lipinski definition) is 3. The molecule has 0 bridgehead atoms. The molecule has 1 saturated carbocycles. The van der Waals surface area contributed by atoms with Crippen molar-refractivity contribution in [2.75, 3.05) is 11.9 Å². The molecule has 0 saturated heterocycles. The van der Waals surface area contributed by atoms with E-state index in [1.54, 1.807) is 25.8 Å². The normalized spacial score (nSPS) is 24.0. The molecule has 2 atom stereocenters. The van der Waals surface area contributed by atoms with E-state index in [9.17, 15) is 9.59 Å². The molecule has 1 aromatic rings. The minimum absolute atomic E-state index is 0.0553. The Labute approximate surface area is 169 Å². The Morgan fingerprint density at radius 3 is 2.50 bits per heavy atom. The average molecular weight is 387 g/mol. The van der Waals surface area contributed by atoms with Crippen LogP contribution in [0.4, 0.5) is 5.69 Å². The summed E-state index contributed by atoms with van der Waals surface area (Å²) in [4.78, 5) is 29.9. The molecule has 0 N–H and O–H groups in total. The average Bonchev–Trinajstić information content (AvgIpc) is 2.60. The molecule has 5 nitrogen and oxygen atoms in total. The second-order valence-corrected chi connectivity index (χ2v) is 9.25. The van der Waals surface area contributed by atoms with Gasteiger partial charge >= 0.3 is 0 Å². The van der Waals surface area contributed by atoms with Crippen LogP contribution < -0.4 is 9.64 Å². The number of likely N-dealkylation sites (N-methyl/N-ethyl adjacent to an activating group) is 1. The lowest BCUT2D eigenvalue weighted by Crippen LogP contribution is -2.51. The molecule has 0 radical (unpaired) electrons. The lowest BCUT2D eigenvalue weighted by Gasteiger charge is -2.42. The SMILES string of the molecule is Cc1cc2c(cc1C(=O)N(C(C)C)C1CCCCC1C)N(C)C(=O)C(C)(C)O2. The zero-order chi connectivity index (χ0) is 20.8. The van der Waals surface area contributed by atoms with Crippen molar-refractivity contribution in [1.82, 2.24) is 4.90 Å². The Hall–Kier alpha value is -2.04. The fourth-order valence-corrected chi connectivity index (χ4v) is 4.69. The van der Waals surface area contributed by atoms with Crippen molar-refractivity contribution in [3.05, 3.63) is 23.3 Å². The van der Waals surface area contributed by atoms with Crippen molar-refractivity contribution in [3.63, 3.8) is 0 Å². The largest absolute Gasteiger partial charge is 0.476 e. The fraction of sp³-hybridized carbons (Fsp3) is 0.652. The summed E-state index contributed by atoms with van der Waals surface area (Å²) in [5, 5.41) is 0. The van der Waals surface area contributed by atoms with Crippen molar-refractivity contribution in [1.29, 1.82) is 0 Å². The zero-order valence-corrected chi connectivity index (χ0v) is 18.3. The fourth-order valence-electron chi connectivity index (χ4n) is 4.69. The third-order valence-corrected chi connectivity index (χ3v) is 6.30. The highest BCUT2D eigenvalue weighted by molar-refractivity contribution is 6.04. The number of benzene rings is 1. The maximum absolute atomic E-state index is 13.6. The zero-order valence-electron chi connectivity index (χ0n) is 18.3. The van der Waals surface area contributed by atoms with E-state index in [0.717, 1.165) is 12.0 Å². The monoisotopic (exact) mass is 386 g/mol. The molecule has 1 fully saturated rings. The van der Waals surface area contributed by atoms with Crippen LogP contribution in [0.15, 0.2) is 12.1 Å². The van der Waals surface area contributed by atoms with Gasteiger partial charge in [0.15, 0.2) is 5.60 Å². The number of hydrogen-bond donors (Lipinski definition) is 0. The molecular formula is C23H34N2O3. The molecule has 28 heavy (non-hydrogen) atoms. The third kappa shape index (κ3) is 3.51. The van der Waals surface area contributed by atoms with Gasteiger partial charge in [-0.1, -0.05) is 19.8 Å². The predicted molar refractivity (Wildman–Crippen MR) is 112 cm³/mol. The molecule has 0 aromatic heterocycles. The van der Waals surface area contributed by atoms with Crippen LogP contribution in [0.2, 0.25) is 0 Å². The molecule has 2 amide bonds. The van der Waals surface area contributed by atoms with Crippen molar-refractivity contribution >= 4 is 17.5 Å². The lowest BCUT2D eigenvalue weighted by atomic mass is 9.84. The highest BCUT2D eigenvalue weighted by Gasteiger charge is 2.40. The first-order valence-corrected chi connectivity index (χ1v) is 10.5. The van der Waals surface area contributed by atoms with Gasteiger partial charge in [0.05, 0.1) is 5.69 Å². The van der Waals surface area contributed by atoms with Gasteiger partial charge in [-0.3, -0.25) is 9.59 Å². The molecule has 1 heterocycles. The van der Waals surface area contributed by atoms with Crippen LogP contribution in [-0.4, -0.2) is 41.4 Å². The minimum Gasteiger partial charge on any atom is -0.476 e. The molecule has 2 unspecified atom stereocenters. The second kappa shape index (κ2) is 7.41. The van der Waals surface area contributed by atoms with E-state index in [0.29, 0.717) is 22.9 Å². The van der Waals surface area contributed by atoms with Gasteiger partial charge in [0.1, 0.15) is 5.75 Å². The van der Waals surface area contributed by atoms with E-state index in [-0.39, 0.29) is 23.9 Å². The summed E-state index contributed by atoms with van der Waals surface area (Å²) in [6.45, 7) is 11.9. The minimum atomic E-state index is -0.902. The lowest BCUT2D eigenvalue weighted by molar-refractivity contribution is -0.132. The van der Waals surface area contributed by atoms with Crippen LogP contribution >= 0.6 is 0 Å². The number of ether oxygens (including phenoxy) is 1. The van der Waals surface area contributed by atoms with Crippen molar-refractivity contribution in [3.8, 4) is 5.75 Å². The van der Waals surface area contributed by atoms with Gasteiger partial charge in [-0.2, -0.15) is 0 Å². The summed E-state index contributed by atoms with van der Waals surface area (Å²) in [6.07, 6.45) is 4.65. The molecular weight excluding hydrogens is 352 g/mol. The number of anilines is 1. The van der Waals surface area contributed by atoms with Crippen LogP contribution in [0.3, 0.4) is 0 Å². The maximum atomic E-state index is 13.6. The van der Waals surface area contributed by atoms with E-state index < -0.39 is 5.60 Å². The van der Waals surface area contributed by atoms with Gasteiger partial charge in [0.25, 0.3) is 11.8 Å². The third-order valence-electron chi connectivity index (χ3n) is 6.30. The molecule has 154 valence electrons. The van der Waals surface area contributed by atoms with Crippen LogP contribution in [-0.2, 0) is 4.79 Å². The first kappa shape index (κ1) is 20.7. The van der Waals surface area contributed by atoms with Gasteiger partial charge in [-0.25, -0.2) is 0 Å². The number of fused-ring (bicyclic) bond motifs is 1. The first-order chi connectivity index (χ1) is 13.0. The van der Waals surface area contributed by atoms with Crippen LogP contribution in [0.5, 0.6) is 5.75 Å². The van der Waals surface area contributed by atoms with Crippen LogP contribution in [0.25, 0.3) is 0 Å². The standard InChI is InChI=1S/C23H34N2O3/c1-14(2)25(18-11-9-8-10-15(18)3)21(26)17-13-19-20(12-16(17)4)28-23(5,6)22(27)24(19)7/h12-15,18H,8-11H2,1-7H3. The molecule has 1 aliphatic heterocycles. The van der Waals surface area contributed by atoms with Crippen molar-refractivity contribution in [2.24, 2.45) is 5.92 Å². The van der Waals surface area contributed by atoms with Gasteiger partial charge < -0.3 is 14.5 Å². The second-order valence-electron chi connectivity index (χ2n) is 9.25. The molecule has 1 aliphatic carbocycles. The number of nitrogens with zero attached hydrogens (tertiary/aromatic N) is 2. The van der Waals surface area contributed by atoms with E-state index >= 15 is 0 Å². The maximum Gasteiger partial charge on any atom is 0.270 e. The number of aryl methyl sites for hydroxylation is 1. The topological polar surface area (TPSA) is 49.9 Å². The van der Waals surface area contributed by atoms with E-state index in [1.165, 1.54) is 19.3 Å². The van der Waals surface area contributed by atoms with E-state index in [4.69, 9.17) is 4.74 Å². The molecule has 3 rings (SSSR count). The van der Waals surface area contributed by atoms with Gasteiger partial charge in [-0.05, 0) is 71.1 Å². The van der Waals surface area contributed by atoms with Gasteiger partial charge in [0.2, 0.25) is 0 Å². The number of rotatable bonds is 3. The Bertz CT molecular complexity index is 784. The molecule has 5 heteroatoms. The van der Waals surface area contributed by atoms with Gasteiger partial charge in [-0.15, -0.1) is 0 Å². The summed E-state index contributed by atoms with van der Waals surface area (Å²) in [5.41, 5.74) is 1.31. The predicted octanol–water partition coefficient (Wildman–Crippen LogP) is 4.56. The molecule has 1 aromatic carbocycles. The summed E-state index contributed by atoms with van der Waals surface area (Å²) in [6, 6.07) is 4.13. The quantitative estimate of drug-likeness (QED) is 0.765. The summed E-state index contributed by atoms with van der Waals surface area (Å²) >= 11 is 0. The Balaban J connectivity index is 2.01. The number of carbonyl (C=O) groups is 2. The molecule has 0 spiro atoms.